The quantitative estimate of drug-likeness (QED) is 0.0637. The largest absolute Gasteiger partial charge is 0.493 e. The van der Waals surface area contributed by atoms with Crippen molar-refractivity contribution in [2.75, 3.05) is 30.5 Å². The molecule has 0 aliphatic rings. The van der Waals surface area contributed by atoms with Crippen molar-refractivity contribution in [1.29, 1.82) is 0 Å². The predicted octanol–water partition coefficient (Wildman–Crippen LogP) is 6.03. The van der Waals surface area contributed by atoms with Crippen molar-refractivity contribution in [1.82, 2.24) is 14.5 Å². The van der Waals surface area contributed by atoms with Crippen LogP contribution >= 0.6 is 0 Å². The van der Waals surface area contributed by atoms with E-state index in [9.17, 15) is 27.6 Å². The highest BCUT2D eigenvalue weighted by atomic mass is 19.4. The Morgan fingerprint density at radius 1 is 0.962 bits per heavy atom. The number of aromatic nitrogens is 3. The summed E-state index contributed by atoms with van der Waals surface area (Å²) in [7, 11) is 3.32. The summed E-state index contributed by atoms with van der Waals surface area (Å²) < 4.78 is 53.9. The number of aryl methyl sites for hydroxylation is 1. The number of ether oxygens (including phenoxy) is 3. The molecule has 2 aromatic heterocycles. The Labute approximate surface area is 295 Å². The summed E-state index contributed by atoms with van der Waals surface area (Å²) in [5.41, 5.74) is 8.56. The van der Waals surface area contributed by atoms with Gasteiger partial charge in [0.25, 0.3) is 5.91 Å². The lowest BCUT2D eigenvalue weighted by atomic mass is 10.1. The zero-order chi connectivity index (χ0) is 37.3. The summed E-state index contributed by atoms with van der Waals surface area (Å²) in [5, 5.41) is 3.24. The molecule has 0 aliphatic heterocycles. The zero-order valence-corrected chi connectivity index (χ0v) is 28.1. The van der Waals surface area contributed by atoms with Crippen LogP contribution in [-0.2, 0) is 23.1 Å². The molecular weight excluding hydrogens is 683 g/mol. The normalized spacial score (nSPS) is 11.6. The van der Waals surface area contributed by atoms with Gasteiger partial charge < -0.3 is 29.8 Å². The minimum absolute atomic E-state index is 0.00158. The average molecular weight is 718 g/mol. The number of benzene rings is 3. The number of nitrogens with two attached hydrogens (primary N) is 1. The lowest BCUT2D eigenvalue weighted by molar-refractivity contribution is -0.141. The molecule has 16 heteroatoms. The van der Waals surface area contributed by atoms with Gasteiger partial charge in [-0.25, -0.2) is 14.8 Å². The van der Waals surface area contributed by atoms with E-state index >= 15 is 0 Å². The Balaban J connectivity index is 1.24. The van der Waals surface area contributed by atoms with E-state index in [2.05, 4.69) is 20.0 Å². The molecule has 5 aromatic rings. The van der Waals surface area contributed by atoms with E-state index in [1.165, 1.54) is 12.0 Å². The fourth-order valence-corrected chi connectivity index (χ4v) is 5.00. The molecule has 0 aliphatic carbocycles. The third-order valence-electron chi connectivity index (χ3n) is 7.68. The number of nitrogens with zero attached hydrogens (tertiary/aromatic N) is 5. The highest BCUT2D eigenvalue weighted by molar-refractivity contribution is 6.07. The number of alkyl halides is 3. The van der Waals surface area contributed by atoms with Crippen LogP contribution in [0.5, 0.6) is 11.5 Å². The molecular formula is C36H34F3N7O6. The van der Waals surface area contributed by atoms with E-state index < -0.39 is 31.3 Å². The summed E-state index contributed by atoms with van der Waals surface area (Å²) in [4.78, 5) is 52.3. The van der Waals surface area contributed by atoms with Crippen molar-refractivity contribution in [3.63, 3.8) is 0 Å². The molecule has 270 valence electrons. The van der Waals surface area contributed by atoms with Crippen LogP contribution < -0.4 is 25.4 Å². The van der Waals surface area contributed by atoms with E-state index in [4.69, 9.17) is 20.2 Å². The number of imidazole rings is 1. The number of pyridine rings is 1. The van der Waals surface area contributed by atoms with Gasteiger partial charge in [-0.2, -0.15) is 18.2 Å². The number of halogens is 3. The maximum absolute atomic E-state index is 13.9. The number of fused-ring (bicyclic) bond motifs is 1. The van der Waals surface area contributed by atoms with Gasteiger partial charge in [0.05, 0.1) is 37.5 Å². The maximum atomic E-state index is 13.9. The Hall–Kier alpha value is -6.45. The molecule has 0 bridgehead atoms. The highest BCUT2D eigenvalue weighted by Gasteiger charge is 2.27. The van der Waals surface area contributed by atoms with Crippen LogP contribution in [0, 0.1) is 0 Å². The number of carbonyl (C=O) groups excluding carboxylic acids is 3. The Morgan fingerprint density at radius 2 is 1.67 bits per heavy atom. The second-order valence-electron chi connectivity index (χ2n) is 11.2. The number of amidine groups is 1. The molecule has 0 saturated heterocycles. The number of carbonyl (C=O) groups is 3. The number of rotatable bonds is 13. The first kappa shape index (κ1) is 36.8. The minimum Gasteiger partial charge on any atom is -0.493 e. The minimum atomic E-state index is -4.45. The summed E-state index contributed by atoms with van der Waals surface area (Å²) in [6.45, 7) is -0.547. The van der Waals surface area contributed by atoms with Gasteiger partial charge in [-0.15, -0.1) is 0 Å². The molecule has 2 heterocycles. The highest BCUT2D eigenvalue weighted by Crippen LogP contribution is 2.27. The zero-order valence-electron chi connectivity index (χ0n) is 28.1. The number of anilines is 2. The van der Waals surface area contributed by atoms with Gasteiger partial charge in [-0.05, 0) is 66.7 Å². The predicted molar refractivity (Wildman–Crippen MR) is 186 cm³/mol. The van der Waals surface area contributed by atoms with Crippen LogP contribution in [0.25, 0.3) is 11.0 Å². The fraction of sp³-hybridized carbons (Fsp3) is 0.222. The van der Waals surface area contributed by atoms with Crippen molar-refractivity contribution in [2.24, 2.45) is 17.8 Å². The first-order valence-corrected chi connectivity index (χ1v) is 15.9. The van der Waals surface area contributed by atoms with Crippen molar-refractivity contribution >= 4 is 46.3 Å². The van der Waals surface area contributed by atoms with Crippen LogP contribution in [0.4, 0.5) is 29.5 Å². The van der Waals surface area contributed by atoms with E-state index in [-0.39, 0.29) is 30.5 Å². The number of hydrogen-bond acceptors (Lipinski definition) is 9. The number of esters is 1. The number of nitrogens with one attached hydrogen (secondary N) is 1. The smallest absolute Gasteiger partial charge is 0.435 e. The third kappa shape index (κ3) is 9.62. The number of hydrogen-bond donors (Lipinski definition) is 2. The average Bonchev–Trinajstić information content (AvgIpc) is 3.45. The third-order valence-corrected chi connectivity index (χ3v) is 7.68. The van der Waals surface area contributed by atoms with Crippen molar-refractivity contribution in [3.05, 3.63) is 108 Å². The van der Waals surface area contributed by atoms with Crippen LogP contribution in [-0.4, -0.2) is 64.8 Å². The van der Waals surface area contributed by atoms with Crippen LogP contribution in [0.2, 0.25) is 0 Å². The van der Waals surface area contributed by atoms with Gasteiger partial charge in [-0.3, -0.25) is 14.5 Å². The van der Waals surface area contributed by atoms with Crippen molar-refractivity contribution < 1.29 is 41.8 Å². The Bertz CT molecular complexity index is 2070. The van der Waals surface area contributed by atoms with Gasteiger partial charge in [-0.1, -0.05) is 18.2 Å². The molecule has 0 radical (unpaired) electrons. The lowest BCUT2D eigenvalue weighted by Crippen LogP contribution is -2.34. The number of methoxy groups -OCH3 is 1. The van der Waals surface area contributed by atoms with E-state index in [1.807, 2.05) is 11.6 Å². The molecule has 0 fully saturated rings. The second kappa shape index (κ2) is 16.5. The second-order valence-corrected chi connectivity index (χ2v) is 11.2. The summed E-state index contributed by atoms with van der Waals surface area (Å²) in [6.07, 6.45) is -5.51. The van der Waals surface area contributed by atoms with Gasteiger partial charge in [0, 0.05) is 36.6 Å². The first-order chi connectivity index (χ1) is 24.9. The molecule has 3 aromatic carbocycles. The van der Waals surface area contributed by atoms with Crippen molar-refractivity contribution in [3.8, 4) is 11.5 Å². The van der Waals surface area contributed by atoms with Gasteiger partial charge in [0.1, 0.15) is 24.1 Å². The molecule has 0 atom stereocenters. The van der Waals surface area contributed by atoms with Gasteiger partial charge >= 0.3 is 18.2 Å². The topological polar surface area (TPSA) is 163 Å². The maximum Gasteiger partial charge on any atom is 0.435 e. The molecule has 0 saturated carbocycles. The standard InChI is InChI=1S/C36H34F3N7O6/c1-45-27-15-12-24(34(48)46(30-9-5-6-18-41-30)19-16-32(47)52-29-8-4-3-7-28(29)50-2)21-26(27)43-31(45)22-42-25-13-10-23(11-14-25)33(40)44-35(49)51-20-17-36(37,38)39/h3-15,18,21,42H,16-17,19-20,22H2,1-2H3,(H2,40,44,49). The van der Waals surface area contributed by atoms with Crippen LogP contribution in [0.15, 0.2) is 96.1 Å². The molecule has 0 spiro atoms. The van der Waals surface area contributed by atoms with E-state index in [0.717, 1.165) is 5.52 Å². The number of amides is 2. The number of para-hydroxylation sites is 2. The van der Waals surface area contributed by atoms with E-state index in [0.29, 0.717) is 46.3 Å². The first-order valence-electron chi connectivity index (χ1n) is 15.9. The fourth-order valence-electron chi connectivity index (χ4n) is 5.00. The summed E-state index contributed by atoms with van der Waals surface area (Å²) >= 11 is 0. The molecule has 2 amide bonds. The van der Waals surface area contributed by atoms with Gasteiger partial charge in [0.2, 0.25) is 0 Å². The molecule has 52 heavy (non-hydrogen) atoms. The SMILES string of the molecule is COc1ccccc1OC(=O)CCN(C(=O)c1ccc2c(c1)nc(CNc1ccc(C(N)=NC(=O)OCCC(F)(F)F)cc1)n2C)c1ccccn1. The van der Waals surface area contributed by atoms with Crippen molar-refractivity contribution in [2.45, 2.75) is 25.6 Å². The van der Waals surface area contributed by atoms with E-state index in [1.54, 1.807) is 91.1 Å². The molecule has 13 nitrogen and oxygen atoms in total. The summed E-state index contributed by atoms with van der Waals surface area (Å²) in [6, 6.07) is 23.6. The molecule has 0 unspecified atom stereocenters. The molecule has 3 N–H and O–H groups in total. The molecule has 5 rings (SSSR count). The monoisotopic (exact) mass is 717 g/mol. The summed E-state index contributed by atoms with van der Waals surface area (Å²) in [5.74, 6) is 0.564. The van der Waals surface area contributed by atoms with Crippen LogP contribution in [0.1, 0.15) is 34.6 Å². The van der Waals surface area contributed by atoms with Gasteiger partial charge in [0.15, 0.2) is 11.5 Å². The number of aliphatic imine (C=N–C) groups is 1. The lowest BCUT2D eigenvalue weighted by Gasteiger charge is -2.21. The van der Waals surface area contributed by atoms with Crippen LogP contribution in [0.3, 0.4) is 0 Å². The Kier molecular flexibility index (Phi) is 11.7. The Morgan fingerprint density at radius 3 is 2.37 bits per heavy atom.